The van der Waals surface area contributed by atoms with Crippen molar-refractivity contribution in [2.24, 2.45) is 0 Å². The molecule has 1 aromatic rings. The van der Waals surface area contributed by atoms with Gasteiger partial charge in [0.05, 0.1) is 20.6 Å². The molecule has 0 aliphatic carbocycles. The van der Waals surface area contributed by atoms with E-state index in [9.17, 15) is 4.79 Å². The summed E-state index contributed by atoms with van der Waals surface area (Å²) in [5, 5.41) is 0. The van der Waals surface area contributed by atoms with Crippen molar-refractivity contribution < 1.29 is 14.3 Å². The van der Waals surface area contributed by atoms with Gasteiger partial charge in [-0.25, -0.2) is 4.98 Å². The average molecular weight is 260 g/mol. The van der Waals surface area contributed by atoms with Crippen LogP contribution in [0.2, 0.25) is 0 Å². The molecule has 0 aromatic carbocycles. The lowest BCUT2D eigenvalue weighted by atomic mass is 10.2. The standard InChI is InChI=1S/C9H10BrNO3/c1-13-7-4-3-6(9(10)11-7)5-8(12)14-2/h3-4H,5H2,1-2H3. The Kier molecular flexibility index (Phi) is 3.88. The lowest BCUT2D eigenvalue weighted by molar-refractivity contribution is -0.139. The molecule has 0 N–H and O–H groups in total. The molecule has 0 saturated heterocycles. The summed E-state index contributed by atoms with van der Waals surface area (Å²) in [7, 11) is 2.89. The quantitative estimate of drug-likeness (QED) is 0.611. The molecule has 0 amide bonds. The van der Waals surface area contributed by atoms with Crippen LogP contribution in [-0.4, -0.2) is 25.2 Å². The van der Waals surface area contributed by atoms with Gasteiger partial charge in [-0.05, 0) is 21.5 Å². The van der Waals surface area contributed by atoms with Crippen LogP contribution in [0.15, 0.2) is 16.7 Å². The van der Waals surface area contributed by atoms with Gasteiger partial charge >= 0.3 is 5.97 Å². The number of nitrogens with zero attached hydrogens (tertiary/aromatic N) is 1. The van der Waals surface area contributed by atoms with Crippen molar-refractivity contribution in [3.63, 3.8) is 0 Å². The van der Waals surface area contributed by atoms with E-state index in [4.69, 9.17) is 4.74 Å². The zero-order valence-corrected chi connectivity index (χ0v) is 9.50. The van der Waals surface area contributed by atoms with Gasteiger partial charge in [0.2, 0.25) is 5.88 Å². The van der Waals surface area contributed by atoms with Crippen molar-refractivity contribution in [1.82, 2.24) is 4.98 Å². The summed E-state index contributed by atoms with van der Waals surface area (Å²) in [5.41, 5.74) is 0.776. The van der Waals surface area contributed by atoms with Gasteiger partial charge in [-0.1, -0.05) is 6.07 Å². The Morgan fingerprint density at radius 1 is 1.50 bits per heavy atom. The molecular formula is C9H10BrNO3. The topological polar surface area (TPSA) is 48.4 Å². The number of halogens is 1. The van der Waals surface area contributed by atoms with E-state index in [1.165, 1.54) is 14.2 Å². The highest BCUT2D eigenvalue weighted by molar-refractivity contribution is 9.10. The Bertz CT molecular complexity index is 341. The third kappa shape index (κ3) is 2.70. The van der Waals surface area contributed by atoms with Gasteiger partial charge < -0.3 is 9.47 Å². The second kappa shape index (κ2) is 4.95. The SMILES string of the molecule is COC(=O)Cc1ccc(OC)nc1Br. The molecular weight excluding hydrogens is 250 g/mol. The number of rotatable bonds is 3. The summed E-state index contributed by atoms with van der Waals surface area (Å²) >= 11 is 3.25. The second-order valence-electron chi connectivity index (χ2n) is 2.56. The minimum atomic E-state index is -0.294. The van der Waals surface area contributed by atoms with Gasteiger partial charge in [0.25, 0.3) is 0 Å². The minimum absolute atomic E-state index is 0.202. The molecule has 0 bridgehead atoms. The highest BCUT2D eigenvalue weighted by Crippen LogP contribution is 2.18. The van der Waals surface area contributed by atoms with E-state index in [0.717, 1.165) is 5.56 Å². The number of pyridine rings is 1. The molecule has 1 rings (SSSR count). The molecule has 0 spiro atoms. The monoisotopic (exact) mass is 259 g/mol. The lowest BCUT2D eigenvalue weighted by Gasteiger charge is -2.04. The molecule has 0 unspecified atom stereocenters. The third-order valence-corrected chi connectivity index (χ3v) is 2.36. The van der Waals surface area contributed by atoms with Gasteiger partial charge in [-0.2, -0.15) is 0 Å². The molecule has 14 heavy (non-hydrogen) atoms. The van der Waals surface area contributed by atoms with Crippen LogP contribution in [0.4, 0.5) is 0 Å². The zero-order chi connectivity index (χ0) is 10.6. The van der Waals surface area contributed by atoms with Gasteiger partial charge in [0, 0.05) is 6.07 Å². The summed E-state index contributed by atoms with van der Waals surface area (Å²) in [6, 6.07) is 3.47. The van der Waals surface area contributed by atoms with E-state index in [-0.39, 0.29) is 12.4 Å². The summed E-state index contributed by atoms with van der Waals surface area (Å²) in [6.45, 7) is 0. The predicted molar refractivity (Wildman–Crippen MR) is 54.2 cm³/mol. The van der Waals surface area contributed by atoms with E-state index < -0.39 is 0 Å². The van der Waals surface area contributed by atoms with Crippen LogP contribution in [0.5, 0.6) is 5.88 Å². The van der Waals surface area contributed by atoms with E-state index in [2.05, 4.69) is 25.7 Å². The molecule has 1 aromatic heterocycles. The number of methoxy groups -OCH3 is 2. The van der Waals surface area contributed by atoms with Crippen LogP contribution < -0.4 is 4.74 Å². The van der Waals surface area contributed by atoms with Gasteiger partial charge in [0.1, 0.15) is 4.60 Å². The molecule has 5 heteroatoms. The largest absolute Gasteiger partial charge is 0.481 e. The first kappa shape index (κ1) is 11.0. The number of aromatic nitrogens is 1. The van der Waals surface area contributed by atoms with Crippen LogP contribution >= 0.6 is 15.9 Å². The predicted octanol–water partition coefficient (Wildman–Crippen LogP) is 1.57. The maximum atomic E-state index is 11.0. The van der Waals surface area contributed by atoms with E-state index >= 15 is 0 Å². The van der Waals surface area contributed by atoms with Crippen molar-refractivity contribution in [2.45, 2.75) is 6.42 Å². The number of hydrogen-bond donors (Lipinski definition) is 0. The van der Waals surface area contributed by atoms with Crippen molar-refractivity contribution in [3.8, 4) is 5.88 Å². The third-order valence-electron chi connectivity index (χ3n) is 1.67. The van der Waals surface area contributed by atoms with Crippen LogP contribution in [0, 0.1) is 0 Å². The highest BCUT2D eigenvalue weighted by Gasteiger charge is 2.08. The first-order valence-electron chi connectivity index (χ1n) is 3.93. The second-order valence-corrected chi connectivity index (χ2v) is 3.31. The minimum Gasteiger partial charge on any atom is -0.481 e. The molecule has 0 atom stereocenters. The number of esters is 1. The van der Waals surface area contributed by atoms with Crippen molar-refractivity contribution >= 4 is 21.9 Å². The molecule has 1 heterocycles. The zero-order valence-electron chi connectivity index (χ0n) is 7.91. The Balaban J connectivity index is 2.83. The lowest BCUT2D eigenvalue weighted by Crippen LogP contribution is -2.05. The number of hydrogen-bond acceptors (Lipinski definition) is 4. The fourth-order valence-electron chi connectivity index (χ4n) is 0.920. The van der Waals surface area contributed by atoms with Crippen molar-refractivity contribution in [3.05, 3.63) is 22.3 Å². The maximum absolute atomic E-state index is 11.0. The van der Waals surface area contributed by atoms with Gasteiger partial charge in [0.15, 0.2) is 0 Å². The van der Waals surface area contributed by atoms with Crippen LogP contribution in [-0.2, 0) is 16.0 Å². The molecule has 4 nitrogen and oxygen atoms in total. The molecule has 0 aliphatic heterocycles. The summed E-state index contributed by atoms with van der Waals surface area (Å²) in [6.07, 6.45) is 0.202. The first-order chi connectivity index (χ1) is 6.67. The van der Waals surface area contributed by atoms with E-state index in [1.54, 1.807) is 12.1 Å². The van der Waals surface area contributed by atoms with Gasteiger partial charge in [-0.15, -0.1) is 0 Å². The van der Waals surface area contributed by atoms with Crippen LogP contribution in [0.3, 0.4) is 0 Å². The Morgan fingerprint density at radius 3 is 2.71 bits per heavy atom. The number of ether oxygens (including phenoxy) is 2. The molecule has 76 valence electrons. The molecule has 0 fully saturated rings. The molecule has 0 radical (unpaired) electrons. The highest BCUT2D eigenvalue weighted by atomic mass is 79.9. The average Bonchev–Trinajstić information content (AvgIpc) is 2.20. The smallest absolute Gasteiger partial charge is 0.310 e. The fraction of sp³-hybridized carbons (Fsp3) is 0.333. The van der Waals surface area contributed by atoms with E-state index in [1.807, 2.05) is 0 Å². The number of carbonyl (C=O) groups is 1. The normalized spacial score (nSPS) is 9.64. The Morgan fingerprint density at radius 2 is 2.21 bits per heavy atom. The summed E-state index contributed by atoms with van der Waals surface area (Å²) in [4.78, 5) is 15.1. The summed E-state index contributed by atoms with van der Waals surface area (Å²) in [5.74, 6) is 0.211. The van der Waals surface area contributed by atoms with Gasteiger partial charge in [-0.3, -0.25) is 4.79 Å². The van der Waals surface area contributed by atoms with Crippen molar-refractivity contribution in [2.75, 3.05) is 14.2 Å². The molecule has 0 aliphatic rings. The van der Waals surface area contributed by atoms with Crippen molar-refractivity contribution in [1.29, 1.82) is 0 Å². The summed E-state index contributed by atoms with van der Waals surface area (Å²) < 4.78 is 10.1. The Hall–Kier alpha value is -1.10. The fourth-order valence-corrected chi connectivity index (χ4v) is 1.37. The van der Waals surface area contributed by atoms with Crippen LogP contribution in [0.25, 0.3) is 0 Å². The molecule has 0 saturated carbocycles. The Labute approximate surface area is 90.4 Å². The van der Waals surface area contributed by atoms with E-state index in [0.29, 0.717) is 10.5 Å². The maximum Gasteiger partial charge on any atom is 0.310 e. The van der Waals surface area contributed by atoms with Crippen LogP contribution in [0.1, 0.15) is 5.56 Å². The number of carbonyl (C=O) groups excluding carboxylic acids is 1. The first-order valence-corrected chi connectivity index (χ1v) is 4.73.